The zero-order valence-electron chi connectivity index (χ0n) is 10.9. The van der Waals surface area contributed by atoms with E-state index in [9.17, 15) is 0 Å². The van der Waals surface area contributed by atoms with Gasteiger partial charge in [-0.15, -0.1) is 0 Å². The fourth-order valence-corrected chi connectivity index (χ4v) is 2.46. The lowest BCUT2D eigenvalue weighted by Crippen LogP contribution is -2.01. The average Bonchev–Trinajstić information content (AvgIpc) is 2.30. The molecular formula is C17H20. The smallest absolute Gasteiger partial charge is 0.0147 e. The van der Waals surface area contributed by atoms with Crippen molar-refractivity contribution in [2.24, 2.45) is 0 Å². The molecule has 0 radical (unpaired) electrons. The van der Waals surface area contributed by atoms with Crippen molar-refractivity contribution < 1.29 is 0 Å². The van der Waals surface area contributed by atoms with Crippen LogP contribution < -0.4 is 0 Å². The summed E-state index contributed by atoms with van der Waals surface area (Å²) in [6.07, 6.45) is 1.12. The highest BCUT2D eigenvalue weighted by Gasteiger charge is 2.09. The van der Waals surface area contributed by atoms with Crippen molar-refractivity contribution in [1.29, 1.82) is 0 Å². The van der Waals surface area contributed by atoms with Gasteiger partial charge in [0.25, 0.3) is 0 Å². The van der Waals surface area contributed by atoms with Gasteiger partial charge >= 0.3 is 0 Å². The molecule has 17 heavy (non-hydrogen) atoms. The molecule has 0 aliphatic heterocycles. The van der Waals surface area contributed by atoms with Crippen LogP contribution in [0.3, 0.4) is 0 Å². The first kappa shape index (κ1) is 11.9. The van der Waals surface area contributed by atoms with Gasteiger partial charge in [0.2, 0.25) is 0 Å². The monoisotopic (exact) mass is 224 g/mol. The van der Waals surface area contributed by atoms with Gasteiger partial charge in [-0.05, 0) is 42.9 Å². The lowest BCUT2D eigenvalue weighted by atomic mass is 9.90. The highest BCUT2D eigenvalue weighted by atomic mass is 14.1. The molecule has 0 fully saturated rings. The Morgan fingerprint density at radius 3 is 2.29 bits per heavy atom. The molecule has 1 unspecified atom stereocenters. The van der Waals surface area contributed by atoms with E-state index in [0.717, 1.165) is 6.42 Å². The van der Waals surface area contributed by atoms with Crippen LogP contribution in [0.4, 0.5) is 0 Å². The van der Waals surface area contributed by atoms with Gasteiger partial charge in [0.1, 0.15) is 0 Å². The van der Waals surface area contributed by atoms with E-state index in [1.807, 2.05) is 0 Å². The Hall–Kier alpha value is -1.56. The number of aryl methyl sites for hydroxylation is 2. The van der Waals surface area contributed by atoms with E-state index in [0.29, 0.717) is 5.92 Å². The fraction of sp³-hybridized carbons (Fsp3) is 0.294. The lowest BCUT2D eigenvalue weighted by Gasteiger charge is -2.15. The number of rotatable bonds is 3. The van der Waals surface area contributed by atoms with Gasteiger partial charge in [0, 0.05) is 0 Å². The van der Waals surface area contributed by atoms with Crippen molar-refractivity contribution in [3.05, 3.63) is 70.8 Å². The highest BCUT2D eigenvalue weighted by Crippen LogP contribution is 2.24. The maximum Gasteiger partial charge on any atom is -0.0147 e. The van der Waals surface area contributed by atoms with Crippen LogP contribution in [0.2, 0.25) is 0 Å². The summed E-state index contributed by atoms with van der Waals surface area (Å²) >= 11 is 0. The minimum Gasteiger partial charge on any atom is -0.0622 e. The molecule has 2 aromatic rings. The summed E-state index contributed by atoms with van der Waals surface area (Å²) in [7, 11) is 0. The Morgan fingerprint density at radius 1 is 0.941 bits per heavy atom. The van der Waals surface area contributed by atoms with Gasteiger partial charge < -0.3 is 0 Å². The van der Waals surface area contributed by atoms with Gasteiger partial charge in [-0.1, -0.05) is 61.0 Å². The van der Waals surface area contributed by atoms with Crippen LogP contribution in [-0.2, 0) is 6.42 Å². The second-order valence-electron chi connectivity index (χ2n) is 4.95. The molecule has 0 heterocycles. The van der Waals surface area contributed by atoms with Crippen molar-refractivity contribution >= 4 is 0 Å². The summed E-state index contributed by atoms with van der Waals surface area (Å²) in [5.41, 5.74) is 5.64. The molecule has 88 valence electrons. The molecular weight excluding hydrogens is 204 g/mol. The predicted octanol–water partition coefficient (Wildman–Crippen LogP) is 4.65. The molecule has 0 spiro atoms. The Bertz CT molecular complexity index is 483. The van der Waals surface area contributed by atoms with E-state index in [1.165, 1.54) is 22.3 Å². The van der Waals surface area contributed by atoms with E-state index in [2.05, 4.69) is 69.3 Å². The van der Waals surface area contributed by atoms with Crippen molar-refractivity contribution in [3.8, 4) is 0 Å². The molecule has 0 bridgehead atoms. The van der Waals surface area contributed by atoms with E-state index in [4.69, 9.17) is 0 Å². The summed E-state index contributed by atoms with van der Waals surface area (Å²) < 4.78 is 0. The normalized spacial score (nSPS) is 12.4. The van der Waals surface area contributed by atoms with Gasteiger partial charge in [0.15, 0.2) is 0 Å². The number of benzene rings is 2. The number of hydrogen-bond acceptors (Lipinski definition) is 0. The first-order valence-electron chi connectivity index (χ1n) is 6.28. The Morgan fingerprint density at radius 2 is 1.65 bits per heavy atom. The number of hydrogen-bond donors (Lipinski definition) is 0. The molecule has 0 amide bonds. The van der Waals surface area contributed by atoms with Crippen molar-refractivity contribution in [3.63, 3.8) is 0 Å². The molecule has 0 saturated heterocycles. The average molecular weight is 224 g/mol. The highest BCUT2D eigenvalue weighted by molar-refractivity contribution is 5.34. The summed E-state index contributed by atoms with van der Waals surface area (Å²) in [5, 5.41) is 0. The predicted molar refractivity (Wildman–Crippen MR) is 74.5 cm³/mol. The zero-order chi connectivity index (χ0) is 12.3. The second-order valence-corrected chi connectivity index (χ2v) is 4.95. The minimum atomic E-state index is 0.581. The molecule has 0 saturated carbocycles. The largest absolute Gasteiger partial charge is 0.0622 e. The first-order valence-corrected chi connectivity index (χ1v) is 6.28. The molecule has 0 heteroatoms. The molecule has 0 aliphatic rings. The van der Waals surface area contributed by atoms with Crippen molar-refractivity contribution in [2.45, 2.75) is 33.1 Å². The Kier molecular flexibility index (Phi) is 3.63. The SMILES string of the molecule is Cc1ccc(C(C)Cc2ccccc2)c(C)c1. The summed E-state index contributed by atoms with van der Waals surface area (Å²) in [4.78, 5) is 0. The molecule has 0 aromatic heterocycles. The third-order valence-electron chi connectivity index (χ3n) is 3.34. The summed E-state index contributed by atoms with van der Waals surface area (Å²) in [6, 6.07) is 17.5. The Balaban J connectivity index is 2.17. The maximum absolute atomic E-state index is 2.31. The molecule has 0 aliphatic carbocycles. The van der Waals surface area contributed by atoms with Gasteiger partial charge in [0.05, 0.1) is 0 Å². The van der Waals surface area contributed by atoms with Gasteiger partial charge in [-0.3, -0.25) is 0 Å². The van der Waals surface area contributed by atoms with Crippen LogP contribution >= 0.6 is 0 Å². The molecule has 0 nitrogen and oxygen atoms in total. The van der Waals surface area contributed by atoms with Gasteiger partial charge in [-0.2, -0.15) is 0 Å². The van der Waals surface area contributed by atoms with Crippen molar-refractivity contribution in [2.75, 3.05) is 0 Å². The van der Waals surface area contributed by atoms with Crippen LogP contribution in [0.25, 0.3) is 0 Å². The van der Waals surface area contributed by atoms with E-state index in [1.54, 1.807) is 0 Å². The molecule has 0 N–H and O–H groups in total. The quantitative estimate of drug-likeness (QED) is 0.712. The van der Waals surface area contributed by atoms with E-state index in [-0.39, 0.29) is 0 Å². The lowest BCUT2D eigenvalue weighted by molar-refractivity contribution is 0.753. The zero-order valence-corrected chi connectivity index (χ0v) is 10.9. The van der Waals surface area contributed by atoms with Crippen LogP contribution in [0.15, 0.2) is 48.5 Å². The maximum atomic E-state index is 2.31. The molecule has 2 rings (SSSR count). The summed E-state index contributed by atoms with van der Waals surface area (Å²) in [6.45, 7) is 6.67. The third kappa shape index (κ3) is 2.97. The van der Waals surface area contributed by atoms with Gasteiger partial charge in [-0.25, -0.2) is 0 Å². The van der Waals surface area contributed by atoms with E-state index < -0.39 is 0 Å². The van der Waals surface area contributed by atoms with Crippen LogP contribution in [0.5, 0.6) is 0 Å². The van der Waals surface area contributed by atoms with Crippen molar-refractivity contribution in [1.82, 2.24) is 0 Å². The fourth-order valence-electron chi connectivity index (χ4n) is 2.46. The van der Waals surface area contributed by atoms with E-state index >= 15 is 0 Å². The standard InChI is InChI=1S/C17H20/c1-13-9-10-17(14(2)11-13)15(3)12-16-7-5-4-6-8-16/h4-11,15H,12H2,1-3H3. The molecule has 2 aromatic carbocycles. The summed E-state index contributed by atoms with van der Waals surface area (Å²) in [5.74, 6) is 0.581. The first-order chi connectivity index (χ1) is 8.16. The van der Waals surface area contributed by atoms with Crippen LogP contribution in [0.1, 0.15) is 35.1 Å². The Labute approximate surface area is 104 Å². The topological polar surface area (TPSA) is 0 Å². The molecule has 1 atom stereocenters. The van der Waals surface area contributed by atoms with Crippen LogP contribution in [0, 0.1) is 13.8 Å². The third-order valence-corrected chi connectivity index (χ3v) is 3.34. The second kappa shape index (κ2) is 5.18. The minimum absolute atomic E-state index is 0.581. The van der Waals surface area contributed by atoms with Crippen LogP contribution in [-0.4, -0.2) is 0 Å².